The Bertz CT molecular complexity index is 714. The molecule has 0 radical (unpaired) electrons. The summed E-state index contributed by atoms with van der Waals surface area (Å²) in [6.07, 6.45) is 2.79. The Morgan fingerprint density at radius 3 is 2.71 bits per heavy atom. The Balaban J connectivity index is 1.95. The van der Waals surface area contributed by atoms with Gasteiger partial charge < -0.3 is 9.84 Å². The Morgan fingerprint density at radius 1 is 1.14 bits per heavy atom. The van der Waals surface area contributed by atoms with Crippen LogP contribution in [-0.2, 0) is 12.8 Å². The van der Waals surface area contributed by atoms with Crippen LogP contribution in [0.2, 0.25) is 0 Å². The van der Waals surface area contributed by atoms with Gasteiger partial charge in [-0.15, -0.1) is 0 Å². The van der Waals surface area contributed by atoms with Gasteiger partial charge in [0.15, 0.2) is 0 Å². The highest BCUT2D eigenvalue weighted by atomic mass is 16.5. The van der Waals surface area contributed by atoms with Crippen molar-refractivity contribution in [2.24, 2.45) is 0 Å². The van der Waals surface area contributed by atoms with Crippen LogP contribution in [0.3, 0.4) is 0 Å². The van der Waals surface area contributed by atoms with Crippen LogP contribution in [0.15, 0.2) is 36.4 Å². The normalized spacial score (nSPS) is 14.3. The molecule has 3 heteroatoms. The van der Waals surface area contributed by atoms with Crippen LogP contribution in [-0.4, -0.2) is 5.11 Å². The summed E-state index contributed by atoms with van der Waals surface area (Å²) in [6, 6.07) is 13.3. The first-order chi connectivity index (χ1) is 10.2. The summed E-state index contributed by atoms with van der Waals surface area (Å²) >= 11 is 0. The number of aliphatic hydroxyl groups is 1. The second kappa shape index (κ2) is 5.59. The molecule has 0 aliphatic heterocycles. The minimum absolute atomic E-state index is 0.524. The van der Waals surface area contributed by atoms with E-state index < -0.39 is 6.10 Å². The van der Waals surface area contributed by atoms with Crippen LogP contribution < -0.4 is 4.74 Å². The van der Waals surface area contributed by atoms with Crippen molar-refractivity contribution in [3.63, 3.8) is 0 Å². The zero-order valence-electron chi connectivity index (χ0n) is 12.0. The fraction of sp³-hybridized carbons (Fsp3) is 0.278. The molecular weight excluding hydrogens is 262 g/mol. The Hall–Kier alpha value is -2.31. The number of fused-ring (bicyclic) bond motifs is 1. The van der Waals surface area contributed by atoms with Crippen LogP contribution in [0.5, 0.6) is 11.5 Å². The van der Waals surface area contributed by atoms with E-state index in [4.69, 9.17) is 10.00 Å². The molecule has 1 aliphatic rings. The fourth-order valence-electron chi connectivity index (χ4n) is 2.78. The first-order valence-electron chi connectivity index (χ1n) is 7.19. The molecule has 3 rings (SSSR count). The van der Waals surface area contributed by atoms with Crippen molar-refractivity contribution < 1.29 is 9.84 Å². The average molecular weight is 279 g/mol. The summed E-state index contributed by atoms with van der Waals surface area (Å²) in [7, 11) is 0. The lowest BCUT2D eigenvalue weighted by molar-refractivity contribution is 0.195. The average Bonchev–Trinajstić information content (AvgIpc) is 2.94. The maximum absolute atomic E-state index is 9.84. The number of nitriles is 1. The summed E-state index contributed by atoms with van der Waals surface area (Å²) in [5.41, 5.74) is 3.94. The summed E-state index contributed by atoms with van der Waals surface area (Å²) in [5, 5.41) is 18.9. The van der Waals surface area contributed by atoms with Gasteiger partial charge in [-0.3, -0.25) is 0 Å². The number of hydrogen-bond acceptors (Lipinski definition) is 3. The van der Waals surface area contributed by atoms with Crippen molar-refractivity contribution in [1.82, 2.24) is 0 Å². The molecule has 0 heterocycles. The maximum Gasteiger partial charge on any atom is 0.134 e. The minimum atomic E-state index is -0.637. The molecule has 0 amide bonds. The Morgan fingerprint density at radius 2 is 1.95 bits per heavy atom. The number of nitrogens with zero attached hydrogens (tertiary/aromatic N) is 1. The van der Waals surface area contributed by atoms with Gasteiger partial charge in [0.2, 0.25) is 0 Å². The number of benzene rings is 2. The van der Waals surface area contributed by atoms with Gasteiger partial charge in [0.1, 0.15) is 11.5 Å². The summed E-state index contributed by atoms with van der Waals surface area (Å²) in [5.74, 6) is 1.30. The lowest BCUT2D eigenvalue weighted by Gasteiger charge is -2.14. The molecule has 0 fully saturated rings. The molecule has 21 heavy (non-hydrogen) atoms. The molecule has 106 valence electrons. The quantitative estimate of drug-likeness (QED) is 0.927. The Labute approximate surface area is 124 Å². The van der Waals surface area contributed by atoms with E-state index in [0.717, 1.165) is 18.6 Å². The third kappa shape index (κ3) is 2.76. The van der Waals surface area contributed by atoms with Crippen LogP contribution in [0.25, 0.3) is 0 Å². The fourth-order valence-corrected chi connectivity index (χ4v) is 2.78. The van der Waals surface area contributed by atoms with E-state index in [1.165, 1.54) is 17.5 Å². The number of ether oxygens (including phenoxy) is 1. The van der Waals surface area contributed by atoms with Gasteiger partial charge in [0, 0.05) is 5.56 Å². The van der Waals surface area contributed by atoms with Gasteiger partial charge >= 0.3 is 0 Å². The van der Waals surface area contributed by atoms with Crippen molar-refractivity contribution in [2.75, 3.05) is 0 Å². The van der Waals surface area contributed by atoms with Crippen LogP contribution in [0, 0.1) is 11.3 Å². The van der Waals surface area contributed by atoms with Crippen molar-refractivity contribution >= 4 is 0 Å². The zero-order valence-corrected chi connectivity index (χ0v) is 12.0. The van der Waals surface area contributed by atoms with Gasteiger partial charge in [-0.2, -0.15) is 5.26 Å². The maximum atomic E-state index is 9.84. The van der Waals surface area contributed by atoms with Crippen LogP contribution in [0.4, 0.5) is 0 Å². The molecule has 1 unspecified atom stereocenters. The van der Waals surface area contributed by atoms with E-state index in [9.17, 15) is 5.11 Å². The molecule has 2 aromatic carbocycles. The third-order valence-electron chi connectivity index (χ3n) is 3.89. The van der Waals surface area contributed by atoms with Gasteiger partial charge in [-0.05, 0) is 61.6 Å². The molecule has 0 bridgehead atoms. The van der Waals surface area contributed by atoms with E-state index >= 15 is 0 Å². The van der Waals surface area contributed by atoms with Crippen molar-refractivity contribution in [3.8, 4) is 17.6 Å². The van der Waals surface area contributed by atoms with Crippen molar-refractivity contribution in [3.05, 3.63) is 58.7 Å². The Kier molecular flexibility index (Phi) is 3.64. The predicted octanol–water partition coefficient (Wildman–Crippen LogP) is 3.89. The van der Waals surface area contributed by atoms with Gasteiger partial charge in [0.25, 0.3) is 0 Å². The highest BCUT2D eigenvalue weighted by molar-refractivity contribution is 5.47. The molecule has 1 N–H and O–H groups in total. The van der Waals surface area contributed by atoms with Crippen molar-refractivity contribution in [1.29, 1.82) is 5.26 Å². The lowest BCUT2D eigenvalue weighted by Crippen LogP contribution is -1.97. The molecule has 0 spiro atoms. The number of hydrogen-bond donors (Lipinski definition) is 1. The van der Waals surface area contributed by atoms with E-state index in [2.05, 4.69) is 18.2 Å². The summed E-state index contributed by atoms with van der Waals surface area (Å²) in [6.45, 7) is 1.69. The molecule has 3 nitrogen and oxygen atoms in total. The largest absolute Gasteiger partial charge is 0.457 e. The number of rotatable bonds is 3. The van der Waals surface area contributed by atoms with Gasteiger partial charge in [-0.25, -0.2) is 0 Å². The third-order valence-corrected chi connectivity index (χ3v) is 3.89. The van der Waals surface area contributed by atoms with Crippen LogP contribution in [0.1, 0.15) is 41.7 Å². The molecule has 0 saturated heterocycles. The zero-order chi connectivity index (χ0) is 14.8. The summed E-state index contributed by atoms with van der Waals surface area (Å²) < 4.78 is 5.93. The molecule has 1 aliphatic carbocycles. The molecule has 1 atom stereocenters. The molecule has 2 aromatic rings. The monoisotopic (exact) mass is 279 g/mol. The molecular formula is C18H17NO2. The molecule has 0 aromatic heterocycles. The smallest absolute Gasteiger partial charge is 0.134 e. The van der Waals surface area contributed by atoms with E-state index in [1.807, 2.05) is 6.07 Å². The highest BCUT2D eigenvalue weighted by Crippen LogP contribution is 2.33. The van der Waals surface area contributed by atoms with Gasteiger partial charge in [0.05, 0.1) is 17.7 Å². The first kappa shape index (κ1) is 13.7. The van der Waals surface area contributed by atoms with Crippen molar-refractivity contribution in [2.45, 2.75) is 32.3 Å². The topological polar surface area (TPSA) is 53.2 Å². The number of aryl methyl sites for hydroxylation is 2. The minimum Gasteiger partial charge on any atom is -0.457 e. The standard InChI is InChI=1S/C18H17NO2/c1-12(20)17-8-5-13(11-19)9-18(17)21-16-7-6-14-3-2-4-15(14)10-16/h5-10,12,20H,2-4H2,1H3. The summed E-state index contributed by atoms with van der Waals surface area (Å²) in [4.78, 5) is 0. The van der Waals surface area contributed by atoms with E-state index in [0.29, 0.717) is 16.9 Å². The second-order valence-electron chi connectivity index (χ2n) is 5.43. The first-order valence-corrected chi connectivity index (χ1v) is 7.19. The van der Waals surface area contributed by atoms with E-state index in [-0.39, 0.29) is 0 Å². The SMILES string of the molecule is CC(O)c1ccc(C#N)cc1Oc1ccc2c(c1)CCC2. The second-order valence-corrected chi connectivity index (χ2v) is 5.43. The van der Waals surface area contributed by atoms with Crippen LogP contribution >= 0.6 is 0 Å². The lowest BCUT2D eigenvalue weighted by atomic mass is 10.1. The van der Waals surface area contributed by atoms with E-state index in [1.54, 1.807) is 25.1 Å². The highest BCUT2D eigenvalue weighted by Gasteiger charge is 2.14. The van der Waals surface area contributed by atoms with Gasteiger partial charge in [-0.1, -0.05) is 12.1 Å². The predicted molar refractivity (Wildman–Crippen MR) is 80.3 cm³/mol. The number of aliphatic hydroxyl groups excluding tert-OH is 1. The molecule has 0 saturated carbocycles.